The largest absolute Gasteiger partial charge is 0.497 e. The summed E-state index contributed by atoms with van der Waals surface area (Å²) in [6, 6.07) is 4.74. The molecular weight excluding hydrogens is 235 g/mol. The van der Waals surface area contributed by atoms with Gasteiger partial charge in [0.25, 0.3) is 0 Å². The third-order valence-corrected chi connectivity index (χ3v) is 3.72. The molecule has 2 rings (SSSR count). The maximum Gasteiger partial charge on any atom is 0.306 e. The average Bonchev–Trinajstić information content (AvgIpc) is 2.39. The van der Waals surface area contributed by atoms with Crippen molar-refractivity contribution in [3.05, 3.63) is 29.6 Å². The summed E-state index contributed by atoms with van der Waals surface area (Å²) in [7, 11) is 1.55. The Hall–Kier alpha value is -1.58. The van der Waals surface area contributed by atoms with E-state index in [9.17, 15) is 9.18 Å². The van der Waals surface area contributed by atoms with Gasteiger partial charge >= 0.3 is 5.97 Å². The number of halogens is 1. The topological polar surface area (TPSA) is 46.5 Å². The highest BCUT2D eigenvalue weighted by Crippen LogP contribution is 2.37. The second-order valence-electron chi connectivity index (χ2n) is 4.77. The van der Waals surface area contributed by atoms with Crippen molar-refractivity contribution in [3.63, 3.8) is 0 Å². The lowest BCUT2D eigenvalue weighted by atomic mass is 9.78. The number of rotatable bonds is 3. The number of hydrogen-bond donors (Lipinski definition) is 1. The number of aliphatic carboxylic acids is 1. The fourth-order valence-electron chi connectivity index (χ4n) is 2.61. The summed E-state index contributed by atoms with van der Waals surface area (Å²) in [4.78, 5) is 10.9. The third kappa shape index (κ3) is 2.63. The van der Waals surface area contributed by atoms with Gasteiger partial charge in [0, 0.05) is 0 Å². The molecular formula is C14H17FO3. The van der Waals surface area contributed by atoms with E-state index in [0.717, 1.165) is 12.8 Å². The van der Waals surface area contributed by atoms with Gasteiger partial charge in [0.2, 0.25) is 0 Å². The minimum absolute atomic E-state index is 0.107. The van der Waals surface area contributed by atoms with Crippen molar-refractivity contribution in [2.45, 2.75) is 31.6 Å². The molecule has 0 unspecified atom stereocenters. The number of hydrogen-bond acceptors (Lipinski definition) is 2. The quantitative estimate of drug-likeness (QED) is 0.898. The number of carbonyl (C=O) groups is 1. The lowest BCUT2D eigenvalue weighted by Crippen LogP contribution is -2.21. The predicted octanol–water partition coefficient (Wildman–Crippen LogP) is 3.19. The Morgan fingerprint density at radius 1 is 1.33 bits per heavy atom. The lowest BCUT2D eigenvalue weighted by molar-refractivity contribution is -0.142. The zero-order chi connectivity index (χ0) is 13.1. The third-order valence-electron chi connectivity index (χ3n) is 3.72. The van der Waals surface area contributed by atoms with Crippen LogP contribution < -0.4 is 4.74 Å². The molecule has 1 aliphatic carbocycles. The summed E-state index contributed by atoms with van der Waals surface area (Å²) >= 11 is 0. The molecule has 0 aromatic heterocycles. The summed E-state index contributed by atoms with van der Waals surface area (Å²) in [6.07, 6.45) is 2.69. The summed E-state index contributed by atoms with van der Waals surface area (Å²) < 4.78 is 18.9. The fraction of sp³-hybridized carbons (Fsp3) is 0.500. The van der Waals surface area contributed by atoms with Crippen LogP contribution in [0.15, 0.2) is 18.2 Å². The Balaban J connectivity index is 2.11. The van der Waals surface area contributed by atoms with Crippen molar-refractivity contribution >= 4 is 5.97 Å². The molecule has 4 heteroatoms. The molecule has 0 heterocycles. The fourth-order valence-corrected chi connectivity index (χ4v) is 2.61. The van der Waals surface area contributed by atoms with Crippen LogP contribution in [-0.4, -0.2) is 18.2 Å². The molecule has 0 spiro atoms. The predicted molar refractivity (Wildman–Crippen MR) is 65.3 cm³/mol. The molecule has 98 valence electrons. The number of carboxylic acids is 1. The van der Waals surface area contributed by atoms with Crippen LogP contribution in [-0.2, 0) is 4.79 Å². The first-order valence-corrected chi connectivity index (χ1v) is 6.18. The van der Waals surface area contributed by atoms with E-state index in [1.54, 1.807) is 19.2 Å². The Morgan fingerprint density at radius 3 is 2.56 bits per heavy atom. The van der Waals surface area contributed by atoms with Crippen LogP contribution >= 0.6 is 0 Å². The SMILES string of the molecule is COc1ccc(F)c([C@H]2CC[C@H](C(=O)O)CC2)c1. The lowest BCUT2D eigenvalue weighted by Gasteiger charge is -2.26. The van der Waals surface area contributed by atoms with Crippen molar-refractivity contribution in [1.29, 1.82) is 0 Å². The van der Waals surface area contributed by atoms with Crippen LogP contribution in [0.3, 0.4) is 0 Å². The first-order valence-electron chi connectivity index (χ1n) is 6.18. The van der Waals surface area contributed by atoms with Gasteiger partial charge in [-0.1, -0.05) is 0 Å². The molecule has 0 amide bonds. The van der Waals surface area contributed by atoms with E-state index in [0.29, 0.717) is 24.2 Å². The molecule has 1 fully saturated rings. The van der Waals surface area contributed by atoms with Gasteiger partial charge in [0.1, 0.15) is 11.6 Å². The van der Waals surface area contributed by atoms with Crippen molar-refractivity contribution in [2.75, 3.05) is 7.11 Å². The molecule has 0 aliphatic heterocycles. The molecule has 3 nitrogen and oxygen atoms in total. The Labute approximate surface area is 106 Å². The van der Waals surface area contributed by atoms with Crippen LogP contribution in [0.5, 0.6) is 5.75 Å². The van der Waals surface area contributed by atoms with Crippen LogP contribution in [0, 0.1) is 11.7 Å². The van der Waals surface area contributed by atoms with Crippen LogP contribution in [0.2, 0.25) is 0 Å². The zero-order valence-corrected chi connectivity index (χ0v) is 10.4. The van der Waals surface area contributed by atoms with Crippen molar-refractivity contribution in [3.8, 4) is 5.75 Å². The van der Waals surface area contributed by atoms with Crippen LogP contribution in [0.1, 0.15) is 37.2 Å². The first kappa shape index (κ1) is 12.9. The van der Waals surface area contributed by atoms with E-state index in [-0.39, 0.29) is 17.7 Å². The minimum atomic E-state index is -0.737. The van der Waals surface area contributed by atoms with Gasteiger partial charge in [0.15, 0.2) is 0 Å². The maximum atomic E-state index is 13.8. The van der Waals surface area contributed by atoms with E-state index in [1.807, 2.05) is 0 Å². The molecule has 1 aromatic carbocycles. The van der Waals surface area contributed by atoms with Gasteiger partial charge in [-0.2, -0.15) is 0 Å². The number of methoxy groups -OCH3 is 1. The summed E-state index contributed by atoms with van der Waals surface area (Å²) in [6.45, 7) is 0. The normalized spacial score (nSPS) is 23.7. The first-order chi connectivity index (χ1) is 8.61. The molecule has 1 N–H and O–H groups in total. The summed E-state index contributed by atoms with van der Waals surface area (Å²) in [5, 5.41) is 8.94. The molecule has 0 atom stereocenters. The van der Waals surface area contributed by atoms with Gasteiger partial charge in [-0.15, -0.1) is 0 Å². The molecule has 18 heavy (non-hydrogen) atoms. The Kier molecular flexibility index (Phi) is 3.84. The monoisotopic (exact) mass is 252 g/mol. The van der Waals surface area contributed by atoms with Gasteiger partial charge < -0.3 is 9.84 Å². The molecule has 0 saturated heterocycles. The summed E-state index contributed by atoms with van der Waals surface area (Å²) in [5.41, 5.74) is 0.651. The highest BCUT2D eigenvalue weighted by atomic mass is 19.1. The zero-order valence-electron chi connectivity index (χ0n) is 10.4. The second kappa shape index (κ2) is 5.38. The maximum absolute atomic E-state index is 13.8. The number of benzene rings is 1. The van der Waals surface area contributed by atoms with Crippen molar-refractivity contribution in [1.82, 2.24) is 0 Å². The Bertz CT molecular complexity index is 437. The van der Waals surface area contributed by atoms with E-state index in [4.69, 9.17) is 9.84 Å². The van der Waals surface area contributed by atoms with Gasteiger partial charge in [-0.05, 0) is 55.4 Å². The molecule has 0 radical (unpaired) electrons. The van der Waals surface area contributed by atoms with E-state index in [2.05, 4.69) is 0 Å². The van der Waals surface area contributed by atoms with E-state index in [1.165, 1.54) is 6.07 Å². The molecule has 1 aliphatic rings. The number of carboxylic acid groups (broad SMARTS) is 1. The molecule has 1 aromatic rings. The average molecular weight is 252 g/mol. The van der Waals surface area contributed by atoms with Crippen LogP contribution in [0.4, 0.5) is 4.39 Å². The smallest absolute Gasteiger partial charge is 0.306 e. The minimum Gasteiger partial charge on any atom is -0.497 e. The number of ether oxygens (including phenoxy) is 1. The standard InChI is InChI=1S/C14H17FO3/c1-18-11-6-7-13(15)12(8-11)9-2-4-10(5-3-9)14(16)17/h6-10H,2-5H2,1H3,(H,16,17)/t9-,10-. The van der Waals surface area contributed by atoms with Crippen LogP contribution in [0.25, 0.3) is 0 Å². The van der Waals surface area contributed by atoms with Gasteiger partial charge in [-0.25, -0.2) is 4.39 Å². The van der Waals surface area contributed by atoms with Gasteiger partial charge in [-0.3, -0.25) is 4.79 Å². The Morgan fingerprint density at radius 2 is 2.00 bits per heavy atom. The molecule has 1 saturated carbocycles. The second-order valence-corrected chi connectivity index (χ2v) is 4.77. The molecule has 0 bridgehead atoms. The van der Waals surface area contributed by atoms with Gasteiger partial charge in [0.05, 0.1) is 13.0 Å². The van der Waals surface area contributed by atoms with E-state index < -0.39 is 5.97 Å². The van der Waals surface area contributed by atoms with Crippen molar-refractivity contribution in [2.24, 2.45) is 5.92 Å². The van der Waals surface area contributed by atoms with E-state index >= 15 is 0 Å². The van der Waals surface area contributed by atoms with Crippen molar-refractivity contribution < 1.29 is 19.0 Å². The highest BCUT2D eigenvalue weighted by Gasteiger charge is 2.28. The summed E-state index contributed by atoms with van der Waals surface area (Å²) in [5.74, 6) is -0.480. The highest BCUT2D eigenvalue weighted by molar-refractivity contribution is 5.70.